The van der Waals surface area contributed by atoms with E-state index in [0.717, 1.165) is 214 Å². The van der Waals surface area contributed by atoms with Crippen molar-refractivity contribution < 1.29 is 9.59 Å². The van der Waals surface area contributed by atoms with Gasteiger partial charge in [0.1, 0.15) is 44.8 Å². The largest absolute Gasteiger partial charge is 0.335 e. The molecule has 28 rings (SSSR count). The first-order chi connectivity index (χ1) is 73.1. The number of likely N-dealkylation sites (tertiary alicyclic amines) is 2. The van der Waals surface area contributed by atoms with Gasteiger partial charge in [0.25, 0.3) is 5.91 Å². The molecule has 0 saturated carbocycles. The van der Waals surface area contributed by atoms with E-state index in [9.17, 15) is 9.59 Å². The summed E-state index contributed by atoms with van der Waals surface area (Å²) >= 11 is 6.65. The number of hydrogen-bond donors (Lipinski definition) is 10. The molecule has 26 aromatic rings. The van der Waals surface area contributed by atoms with Crippen molar-refractivity contribution in [3.05, 3.63) is 325 Å². The van der Waals surface area contributed by atoms with Crippen LogP contribution in [-0.4, -0.2) is 188 Å². The Morgan fingerprint density at radius 3 is 1.09 bits per heavy atom. The molecule has 0 aliphatic carbocycles. The number of aromatic amines is 8. The molecule has 2 amide bonds. The second kappa shape index (κ2) is 40.5. The highest BCUT2D eigenvalue weighted by molar-refractivity contribution is 7.14. The molecule has 26 heterocycles. The van der Waals surface area contributed by atoms with Crippen LogP contribution in [0.4, 0.5) is 11.4 Å². The van der Waals surface area contributed by atoms with Gasteiger partial charge in [-0.1, -0.05) is 79.2 Å². The van der Waals surface area contributed by atoms with Gasteiger partial charge in [0.2, 0.25) is 5.91 Å². The lowest BCUT2D eigenvalue weighted by molar-refractivity contribution is -0.115. The highest BCUT2D eigenvalue weighted by atomic mass is 32.1. The van der Waals surface area contributed by atoms with Gasteiger partial charge in [-0.05, 0) is 175 Å². The molecule has 2 aromatic carbocycles. The standard InChI is InChI=1S/C29H20N8OS.C28H18N8OS.C27H24N8S.C26H22N8S/c38-25(9-17-5-2-1-3-6-17)33-20-10-18(12-30-14-20)19-11-21-27(36-37-28(21)32-13-19)29-34-23-16-31-15-22(26(23)35-29)24-7-4-8-39-24;37-28(16-5-2-1-3-6-16)32-19-9-17(11-29-13-19)18-10-20-25(35-36-26(20)31-12-18)27-33-22-15-30-14-21(24(22)34-27)23-7-4-8-38-23;1-2-6-35(7-3-1)16-17-9-18(12-28-11-17)19-10-20-25(33-34-26(20)30-13-19)27-31-22-15-29-14-21(24(22)32-27)23-5-4-8-36-23;1-2-6-34(5-1)15-16-8-17(11-27-10-16)18-9-19-24(32-33-25(19)29-12-18)26-30-21-14-28-13-20(23(21)31-26)22-4-3-7-35-22/h1-8,10-16H,9H2,(H,33,38)(H,34,35)(H,32,36,37);1-15H,(H,32,37)(H,33,34)(H,31,35,36);4-5,8-15H,1-3,6-7,16H2,(H,31,32)(H,30,33,34);3-4,7-14H,1-2,5-6,15H2,(H,30,31)(H,29,32,33). The summed E-state index contributed by atoms with van der Waals surface area (Å²) in [5, 5.41) is 47.6. The third-order valence-corrected chi connectivity index (χ3v) is 29.6. The number of imidazole rings is 4. The first kappa shape index (κ1) is 90.9. The number of carbonyl (C=O) groups is 2. The average molecular weight is 2010 g/mol. The van der Waals surface area contributed by atoms with E-state index >= 15 is 0 Å². The summed E-state index contributed by atoms with van der Waals surface area (Å²) < 4.78 is 0. The number of rotatable bonds is 21. The SMILES string of the molecule is O=C(Cc1ccccc1)Nc1cncc(-c2cnc3n[nH]c(-c4nc5c(-c6cccs6)cncc5[nH]4)c3c2)c1.O=C(Nc1cncc(-c2cnc3[nH]nc(-c4nc5c(-c6cccs6)cncc5[nH]4)c3c2)c1)c1ccccc1.c1csc(-c2cncc3[nH]c(-c4[nH]nc5ncc(-c6cncc(CN7CCCC7)c6)cc45)nc23)c1.c1csc(-c2cncc3[nH]c(-c4[nH]nc5ncc(-c6cncc(CN7CCCCC7)c6)cc45)nc23)c1. The van der Waals surface area contributed by atoms with Crippen molar-refractivity contribution in [3.63, 3.8) is 0 Å². The summed E-state index contributed by atoms with van der Waals surface area (Å²) in [5.41, 5.74) is 29.0. The van der Waals surface area contributed by atoms with E-state index in [2.05, 4.69) is 200 Å². The van der Waals surface area contributed by atoms with Crippen molar-refractivity contribution in [1.29, 1.82) is 0 Å². The van der Waals surface area contributed by atoms with Crippen molar-refractivity contribution >= 4 is 157 Å². The number of hydrogen-bond acceptors (Lipinski definition) is 28. The summed E-state index contributed by atoms with van der Waals surface area (Å²) in [4.78, 5) is 122. The Hall–Kier alpha value is -18.3. The molecule has 10 N–H and O–H groups in total. The number of amides is 2. The van der Waals surface area contributed by atoms with E-state index in [1.165, 1.54) is 43.2 Å². The van der Waals surface area contributed by atoms with E-state index in [-0.39, 0.29) is 18.2 Å². The fourth-order valence-electron chi connectivity index (χ4n) is 18.8. The Labute approximate surface area is 856 Å². The molecule has 720 valence electrons. The lowest BCUT2D eigenvalue weighted by Crippen LogP contribution is -2.29. The van der Waals surface area contributed by atoms with Crippen molar-refractivity contribution in [1.82, 2.24) is 150 Å². The van der Waals surface area contributed by atoms with Gasteiger partial charge < -0.3 is 30.6 Å². The predicted octanol–water partition coefficient (Wildman–Crippen LogP) is 22.8. The van der Waals surface area contributed by atoms with Crippen LogP contribution in [0.25, 0.3) is 221 Å². The van der Waals surface area contributed by atoms with E-state index in [0.29, 0.717) is 68.5 Å². The first-order valence-corrected chi connectivity index (χ1v) is 51.4. The summed E-state index contributed by atoms with van der Waals surface area (Å²) in [6.07, 6.45) is 43.0. The molecule has 148 heavy (non-hydrogen) atoms. The molecule has 2 aliphatic rings. The van der Waals surface area contributed by atoms with Crippen LogP contribution in [0.1, 0.15) is 59.2 Å². The smallest absolute Gasteiger partial charge is 0.255 e. The van der Waals surface area contributed by atoms with E-state index in [1.54, 1.807) is 107 Å². The second-order valence-electron chi connectivity index (χ2n) is 35.8. The van der Waals surface area contributed by atoms with E-state index in [4.69, 9.17) is 19.9 Å². The maximum absolute atomic E-state index is 12.6. The van der Waals surface area contributed by atoms with Crippen LogP contribution >= 0.6 is 45.3 Å². The number of carbonyl (C=O) groups excluding carboxylic acids is 2. The van der Waals surface area contributed by atoms with Crippen LogP contribution in [0.15, 0.2) is 303 Å². The van der Waals surface area contributed by atoms with Gasteiger partial charge in [0.05, 0.1) is 98.6 Å². The van der Waals surface area contributed by atoms with Crippen LogP contribution in [0.3, 0.4) is 0 Å². The molecule has 2 fully saturated rings. The minimum atomic E-state index is -0.198. The Bertz CT molecular complexity index is 9300. The van der Waals surface area contributed by atoms with Crippen LogP contribution in [0, 0.1) is 0 Å². The zero-order chi connectivity index (χ0) is 98.7. The highest BCUT2D eigenvalue weighted by Gasteiger charge is 2.26. The summed E-state index contributed by atoms with van der Waals surface area (Å²) in [6.45, 7) is 6.53. The van der Waals surface area contributed by atoms with E-state index < -0.39 is 0 Å². The normalized spacial score (nSPS) is 12.8. The van der Waals surface area contributed by atoms with Gasteiger partial charge in [-0.3, -0.25) is 79.7 Å². The molecular weight excluding hydrogens is 1930 g/mol. The van der Waals surface area contributed by atoms with Crippen LogP contribution in [-0.2, 0) is 24.3 Å². The summed E-state index contributed by atoms with van der Waals surface area (Å²) in [6, 6.07) is 51.5. The molecule has 0 atom stereocenters. The highest BCUT2D eigenvalue weighted by Crippen LogP contribution is 2.42. The third-order valence-electron chi connectivity index (χ3n) is 25.9. The third kappa shape index (κ3) is 19.0. The quantitative estimate of drug-likeness (QED) is 0.0319. The van der Waals surface area contributed by atoms with Gasteiger partial charge in [0, 0.05) is 192 Å². The average Bonchev–Trinajstić information content (AvgIpc) is 1.62. The molecule has 2 aliphatic heterocycles. The number of fused-ring (bicyclic) bond motifs is 8. The number of benzene rings is 2. The Morgan fingerprint density at radius 1 is 0.311 bits per heavy atom. The topological polar surface area (TPSA) is 449 Å². The van der Waals surface area contributed by atoms with E-state index in [1.807, 2.05) is 182 Å². The number of nitrogens with one attached hydrogen (secondary N) is 10. The fraction of sp³-hybridized carbons (Fsp3) is 0.109. The predicted molar refractivity (Wildman–Crippen MR) is 580 cm³/mol. The number of nitrogens with zero attached hydrogens (tertiary/aromatic N) is 22. The molecule has 2 saturated heterocycles. The van der Waals surface area contributed by atoms with Crippen LogP contribution in [0.5, 0.6) is 0 Å². The number of aromatic nitrogens is 28. The van der Waals surface area contributed by atoms with Crippen LogP contribution < -0.4 is 10.6 Å². The number of pyridine rings is 12. The molecule has 34 nitrogen and oxygen atoms in total. The molecule has 24 aromatic heterocycles. The molecule has 38 heteroatoms. The zero-order valence-electron chi connectivity index (χ0n) is 78.6. The molecular formula is C110H84N32O2S4. The zero-order valence-corrected chi connectivity index (χ0v) is 81.9. The number of thiophene rings is 4. The molecule has 0 bridgehead atoms. The Morgan fingerprint density at radius 2 is 0.669 bits per heavy atom. The minimum Gasteiger partial charge on any atom is -0.335 e. The lowest BCUT2D eigenvalue weighted by Gasteiger charge is -2.26. The van der Waals surface area contributed by atoms with Crippen LogP contribution in [0.2, 0.25) is 0 Å². The Balaban J connectivity index is 0.000000103. The van der Waals surface area contributed by atoms with Gasteiger partial charge in [-0.15, -0.1) is 45.3 Å². The maximum Gasteiger partial charge on any atom is 0.255 e. The van der Waals surface area contributed by atoms with Gasteiger partial charge in [-0.2, -0.15) is 20.4 Å². The number of anilines is 2. The Kier molecular flexibility index (Phi) is 24.8. The van der Waals surface area contributed by atoms with Gasteiger partial charge in [-0.25, -0.2) is 39.9 Å². The second-order valence-corrected chi connectivity index (χ2v) is 39.6. The first-order valence-electron chi connectivity index (χ1n) is 47.9. The minimum absolute atomic E-state index is 0.104. The fourth-order valence-corrected chi connectivity index (χ4v) is 21.7. The summed E-state index contributed by atoms with van der Waals surface area (Å²) in [7, 11) is 0. The van der Waals surface area contributed by atoms with Crippen molar-refractivity contribution in [3.8, 4) is 132 Å². The van der Waals surface area contributed by atoms with Gasteiger partial charge in [0.15, 0.2) is 45.9 Å². The lowest BCUT2D eigenvalue weighted by atomic mass is 10.1. The number of piperidine rings is 1. The molecule has 0 unspecified atom stereocenters. The number of H-pyrrole nitrogens is 8. The molecule has 0 spiro atoms. The summed E-state index contributed by atoms with van der Waals surface area (Å²) in [5.74, 6) is 2.40. The van der Waals surface area contributed by atoms with Crippen molar-refractivity contribution in [2.24, 2.45) is 0 Å². The van der Waals surface area contributed by atoms with Gasteiger partial charge >= 0.3 is 0 Å². The van der Waals surface area contributed by atoms with Crippen molar-refractivity contribution in [2.75, 3.05) is 36.8 Å². The monoisotopic (exact) mass is 2010 g/mol. The maximum atomic E-state index is 12.6. The van der Waals surface area contributed by atoms with Crippen molar-refractivity contribution in [2.45, 2.75) is 51.6 Å². The molecule has 0 radical (unpaired) electrons.